The van der Waals surface area contributed by atoms with Crippen LogP contribution in [0.5, 0.6) is 0 Å². The third-order valence-electron chi connectivity index (χ3n) is 4.04. The van der Waals surface area contributed by atoms with Crippen LogP contribution in [-0.2, 0) is 5.92 Å². The summed E-state index contributed by atoms with van der Waals surface area (Å²) in [6.45, 7) is 0.540. The predicted octanol–water partition coefficient (Wildman–Crippen LogP) is 4.45. The molecule has 0 saturated carbocycles. The Bertz CT molecular complexity index is 1170. The molecule has 1 heterocycles. The zero-order valence-electron chi connectivity index (χ0n) is 14.3. The molecular formula is C18H12ClF2N3O4. The van der Waals surface area contributed by atoms with Crippen molar-refractivity contribution in [3.05, 3.63) is 79.2 Å². The van der Waals surface area contributed by atoms with Gasteiger partial charge in [0.05, 0.1) is 15.6 Å². The summed E-state index contributed by atoms with van der Waals surface area (Å²) in [5.74, 6) is -4.41. The molecule has 0 fully saturated rings. The SMILES string of the molecule is CC(F)(F)c1cc([N+](=O)[O-])ccc1C(=O)Nc1cc2cc[nH]c(=O)c2cc1Cl. The fraction of sp³-hybridized carbons (Fsp3) is 0.111. The number of nitrogens with zero attached hydrogens (tertiary/aromatic N) is 1. The second-order valence-corrected chi connectivity index (χ2v) is 6.46. The Morgan fingerprint density at radius 2 is 1.96 bits per heavy atom. The largest absolute Gasteiger partial charge is 0.329 e. The van der Waals surface area contributed by atoms with Gasteiger partial charge in [-0.3, -0.25) is 19.7 Å². The number of nitro groups is 1. The summed E-state index contributed by atoms with van der Waals surface area (Å²) in [4.78, 5) is 36.9. The first-order valence-corrected chi connectivity index (χ1v) is 8.25. The van der Waals surface area contributed by atoms with E-state index in [1.54, 1.807) is 6.07 Å². The van der Waals surface area contributed by atoms with Gasteiger partial charge in [-0.05, 0) is 29.7 Å². The van der Waals surface area contributed by atoms with Crippen molar-refractivity contribution >= 4 is 39.7 Å². The van der Waals surface area contributed by atoms with Crippen molar-refractivity contribution in [2.45, 2.75) is 12.8 Å². The minimum atomic E-state index is -3.49. The van der Waals surface area contributed by atoms with Crippen molar-refractivity contribution in [2.75, 3.05) is 5.32 Å². The number of carbonyl (C=O) groups is 1. The topological polar surface area (TPSA) is 105 Å². The van der Waals surface area contributed by atoms with E-state index in [0.29, 0.717) is 23.8 Å². The Balaban J connectivity index is 2.04. The van der Waals surface area contributed by atoms with Crippen molar-refractivity contribution in [3.63, 3.8) is 0 Å². The van der Waals surface area contributed by atoms with Crippen LogP contribution >= 0.6 is 11.6 Å². The molecule has 0 bridgehead atoms. The average molecular weight is 408 g/mol. The van der Waals surface area contributed by atoms with Crippen LogP contribution in [0, 0.1) is 10.1 Å². The second kappa shape index (κ2) is 7.01. The molecule has 3 aromatic rings. The summed E-state index contributed by atoms with van der Waals surface area (Å²) in [5.41, 5.74) is -2.04. The van der Waals surface area contributed by atoms with Crippen molar-refractivity contribution < 1.29 is 18.5 Å². The lowest BCUT2D eigenvalue weighted by Crippen LogP contribution is -2.20. The molecule has 28 heavy (non-hydrogen) atoms. The van der Waals surface area contributed by atoms with Gasteiger partial charge in [-0.25, -0.2) is 8.78 Å². The van der Waals surface area contributed by atoms with Gasteiger partial charge >= 0.3 is 0 Å². The third-order valence-corrected chi connectivity index (χ3v) is 4.35. The molecule has 0 unspecified atom stereocenters. The second-order valence-electron chi connectivity index (χ2n) is 6.06. The number of carbonyl (C=O) groups excluding carboxylic acids is 1. The zero-order valence-corrected chi connectivity index (χ0v) is 15.0. The first kappa shape index (κ1) is 19.4. The molecule has 0 aliphatic rings. The van der Waals surface area contributed by atoms with Gasteiger partial charge in [0.1, 0.15) is 0 Å². The molecule has 2 aromatic carbocycles. The number of anilines is 1. The van der Waals surface area contributed by atoms with E-state index in [1.165, 1.54) is 18.3 Å². The van der Waals surface area contributed by atoms with Crippen molar-refractivity contribution in [2.24, 2.45) is 0 Å². The fourth-order valence-corrected chi connectivity index (χ4v) is 2.91. The van der Waals surface area contributed by atoms with Gasteiger partial charge in [-0.2, -0.15) is 0 Å². The summed E-state index contributed by atoms with van der Waals surface area (Å²) in [6, 6.07) is 6.94. The van der Waals surface area contributed by atoms with E-state index in [9.17, 15) is 28.5 Å². The highest BCUT2D eigenvalue weighted by molar-refractivity contribution is 6.34. The summed E-state index contributed by atoms with van der Waals surface area (Å²) in [5, 5.41) is 14.1. The van der Waals surface area contributed by atoms with Crippen molar-refractivity contribution in [1.82, 2.24) is 4.98 Å². The number of fused-ring (bicyclic) bond motifs is 1. The maximum atomic E-state index is 13.9. The Hall–Kier alpha value is -3.33. The molecule has 0 spiro atoms. The highest BCUT2D eigenvalue weighted by Crippen LogP contribution is 2.34. The van der Waals surface area contributed by atoms with E-state index in [2.05, 4.69) is 10.3 Å². The van der Waals surface area contributed by atoms with Crippen LogP contribution in [0.2, 0.25) is 5.02 Å². The molecule has 2 N–H and O–H groups in total. The van der Waals surface area contributed by atoms with Gasteiger partial charge in [0, 0.05) is 41.8 Å². The molecule has 0 radical (unpaired) electrons. The Kier molecular flexibility index (Phi) is 4.86. The standard InChI is InChI=1S/C18H12ClF2N3O4/c1-18(20,21)13-7-10(24(27)28)2-3-11(13)17(26)23-15-6-9-4-5-22-16(25)12(9)8-14(15)19/h2-8H,1H3,(H,22,25)(H,23,26). The Morgan fingerprint density at radius 1 is 1.25 bits per heavy atom. The normalized spacial score (nSPS) is 11.4. The Labute approximate surface area is 161 Å². The first-order chi connectivity index (χ1) is 13.1. The first-order valence-electron chi connectivity index (χ1n) is 7.87. The monoisotopic (exact) mass is 407 g/mol. The number of H-pyrrole nitrogens is 1. The lowest BCUT2D eigenvalue weighted by molar-refractivity contribution is -0.385. The lowest BCUT2D eigenvalue weighted by atomic mass is 10.0. The molecule has 7 nitrogen and oxygen atoms in total. The fourth-order valence-electron chi connectivity index (χ4n) is 2.70. The summed E-state index contributed by atoms with van der Waals surface area (Å²) in [7, 11) is 0. The summed E-state index contributed by atoms with van der Waals surface area (Å²) >= 11 is 6.10. The maximum absolute atomic E-state index is 13.9. The molecule has 144 valence electrons. The maximum Gasteiger partial charge on any atom is 0.271 e. The van der Waals surface area contributed by atoms with E-state index < -0.39 is 33.6 Å². The number of benzene rings is 2. The molecule has 0 aliphatic carbocycles. The van der Waals surface area contributed by atoms with Crippen LogP contribution in [0.15, 0.2) is 47.4 Å². The minimum absolute atomic E-state index is 0.0317. The average Bonchev–Trinajstić information content (AvgIpc) is 2.62. The van der Waals surface area contributed by atoms with Gasteiger partial charge in [-0.1, -0.05) is 11.6 Å². The third kappa shape index (κ3) is 3.70. The predicted molar refractivity (Wildman–Crippen MR) is 100 cm³/mol. The van der Waals surface area contributed by atoms with E-state index >= 15 is 0 Å². The smallest absolute Gasteiger partial charge is 0.271 e. The number of amides is 1. The van der Waals surface area contributed by atoms with E-state index in [1.807, 2.05) is 0 Å². The number of aromatic amines is 1. The number of hydrogen-bond acceptors (Lipinski definition) is 4. The van der Waals surface area contributed by atoms with Crippen LogP contribution in [0.3, 0.4) is 0 Å². The van der Waals surface area contributed by atoms with E-state index in [0.717, 1.165) is 12.1 Å². The molecule has 0 atom stereocenters. The van der Waals surface area contributed by atoms with Crippen LogP contribution in [0.4, 0.5) is 20.2 Å². The van der Waals surface area contributed by atoms with E-state index in [4.69, 9.17) is 11.6 Å². The number of nitrogens with one attached hydrogen (secondary N) is 2. The number of pyridine rings is 1. The van der Waals surface area contributed by atoms with Gasteiger partial charge in [0.15, 0.2) is 0 Å². The van der Waals surface area contributed by atoms with Crippen LogP contribution < -0.4 is 10.9 Å². The molecular weight excluding hydrogens is 396 g/mol. The molecule has 1 aromatic heterocycles. The van der Waals surface area contributed by atoms with Crippen molar-refractivity contribution in [1.29, 1.82) is 0 Å². The van der Waals surface area contributed by atoms with Gasteiger partial charge in [0.25, 0.3) is 23.1 Å². The number of aromatic nitrogens is 1. The quantitative estimate of drug-likeness (QED) is 0.492. The molecule has 0 aliphatic heterocycles. The number of halogens is 3. The molecule has 10 heteroatoms. The molecule has 3 rings (SSSR count). The number of non-ortho nitro benzene ring substituents is 1. The molecule has 1 amide bonds. The summed E-state index contributed by atoms with van der Waals surface area (Å²) in [6.07, 6.45) is 1.41. The highest BCUT2D eigenvalue weighted by Gasteiger charge is 2.32. The number of nitro benzene ring substituents is 1. The van der Waals surface area contributed by atoms with Gasteiger partial charge in [-0.15, -0.1) is 0 Å². The van der Waals surface area contributed by atoms with Crippen molar-refractivity contribution in [3.8, 4) is 0 Å². The minimum Gasteiger partial charge on any atom is -0.329 e. The van der Waals surface area contributed by atoms with Gasteiger partial charge in [0.2, 0.25) is 0 Å². The van der Waals surface area contributed by atoms with Gasteiger partial charge < -0.3 is 10.3 Å². The highest BCUT2D eigenvalue weighted by atomic mass is 35.5. The van der Waals surface area contributed by atoms with Crippen LogP contribution in [-0.4, -0.2) is 15.8 Å². The Morgan fingerprint density at radius 3 is 2.61 bits per heavy atom. The zero-order chi connectivity index (χ0) is 20.6. The van der Waals surface area contributed by atoms with E-state index in [-0.39, 0.29) is 16.3 Å². The number of alkyl halides is 2. The number of hydrogen-bond donors (Lipinski definition) is 2. The lowest BCUT2D eigenvalue weighted by Gasteiger charge is -2.16. The number of rotatable bonds is 4. The van der Waals surface area contributed by atoms with Crippen LogP contribution in [0.25, 0.3) is 10.8 Å². The summed E-state index contributed by atoms with van der Waals surface area (Å²) < 4.78 is 27.8. The molecule has 0 saturated heterocycles. The van der Waals surface area contributed by atoms with Crippen LogP contribution in [0.1, 0.15) is 22.8 Å².